The van der Waals surface area contributed by atoms with Gasteiger partial charge in [-0.1, -0.05) is 18.5 Å². The summed E-state index contributed by atoms with van der Waals surface area (Å²) in [6.45, 7) is 1.35. The second-order valence-electron chi connectivity index (χ2n) is 3.78. The van der Waals surface area contributed by atoms with Crippen molar-refractivity contribution in [3.8, 4) is 0 Å². The van der Waals surface area contributed by atoms with Gasteiger partial charge in [0.15, 0.2) is 0 Å². The Morgan fingerprint density at radius 3 is 2.63 bits per heavy atom. The van der Waals surface area contributed by atoms with Crippen LogP contribution in [0.3, 0.4) is 0 Å². The van der Waals surface area contributed by atoms with E-state index in [9.17, 15) is 18.5 Å². The molecule has 0 saturated carbocycles. The number of nitrogens with one attached hydrogen (secondary N) is 1. The number of hydrogen-bond donors (Lipinski definition) is 2. The van der Waals surface area contributed by atoms with Gasteiger partial charge in [-0.2, -0.15) is 0 Å². The third-order valence-electron chi connectivity index (χ3n) is 2.46. The van der Waals surface area contributed by atoms with E-state index >= 15 is 0 Å². The lowest BCUT2D eigenvalue weighted by atomic mass is 10.3. The first-order chi connectivity index (χ1) is 8.81. The molecule has 1 atom stereocenters. The Labute approximate surface area is 115 Å². The van der Waals surface area contributed by atoms with Crippen molar-refractivity contribution in [3.05, 3.63) is 33.3 Å². The zero-order chi connectivity index (χ0) is 14.6. The third-order valence-corrected chi connectivity index (χ3v) is 4.30. The summed E-state index contributed by atoms with van der Waals surface area (Å²) in [6.07, 6.45) is 0.394. The molecule has 0 aliphatic rings. The van der Waals surface area contributed by atoms with Crippen LogP contribution in [0.4, 0.5) is 5.69 Å². The number of nitro benzene ring substituents is 1. The van der Waals surface area contributed by atoms with Crippen LogP contribution in [0.2, 0.25) is 5.02 Å². The van der Waals surface area contributed by atoms with Gasteiger partial charge in [0.1, 0.15) is 5.02 Å². The molecule has 0 saturated heterocycles. The molecule has 0 amide bonds. The van der Waals surface area contributed by atoms with Crippen LogP contribution in [0.25, 0.3) is 0 Å². The zero-order valence-electron chi connectivity index (χ0n) is 10.0. The third kappa shape index (κ3) is 3.87. The second kappa shape index (κ2) is 6.29. The van der Waals surface area contributed by atoms with Crippen molar-refractivity contribution in [1.29, 1.82) is 0 Å². The number of benzene rings is 1. The second-order valence-corrected chi connectivity index (χ2v) is 5.90. The molecule has 0 bridgehead atoms. The van der Waals surface area contributed by atoms with Crippen molar-refractivity contribution < 1.29 is 18.4 Å². The first-order valence-corrected chi connectivity index (χ1v) is 7.25. The molecule has 1 aromatic rings. The first kappa shape index (κ1) is 15.8. The molecule has 1 rings (SSSR count). The number of rotatable bonds is 6. The fraction of sp³-hybridized carbons (Fsp3) is 0.400. The van der Waals surface area contributed by atoms with E-state index in [-0.39, 0.29) is 16.5 Å². The fourth-order valence-corrected chi connectivity index (χ4v) is 2.85. The Balaban J connectivity index is 3.15. The van der Waals surface area contributed by atoms with Crippen LogP contribution in [-0.2, 0) is 10.0 Å². The number of nitrogens with zero attached hydrogens (tertiary/aromatic N) is 1. The Morgan fingerprint density at radius 1 is 1.53 bits per heavy atom. The minimum Gasteiger partial charge on any atom is -0.395 e. The maximum Gasteiger partial charge on any atom is 0.289 e. The van der Waals surface area contributed by atoms with Crippen molar-refractivity contribution in [2.45, 2.75) is 24.3 Å². The lowest BCUT2D eigenvalue weighted by molar-refractivity contribution is -0.384. The zero-order valence-corrected chi connectivity index (χ0v) is 11.6. The van der Waals surface area contributed by atoms with Gasteiger partial charge in [-0.3, -0.25) is 10.1 Å². The van der Waals surface area contributed by atoms with Gasteiger partial charge in [0.2, 0.25) is 10.0 Å². The molecule has 1 aromatic carbocycles. The summed E-state index contributed by atoms with van der Waals surface area (Å²) in [7, 11) is -3.93. The average molecular weight is 309 g/mol. The monoisotopic (exact) mass is 308 g/mol. The van der Waals surface area contributed by atoms with Crippen LogP contribution in [0.1, 0.15) is 13.3 Å². The quantitative estimate of drug-likeness (QED) is 0.608. The van der Waals surface area contributed by atoms with Gasteiger partial charge in [0.05, 0.1) is 16.4 Å². The van der Waals surface area contributed by atoms with Gasteiger partial charge < -0.3 is 5.11 Å². The fourth-order valence-electron chi connectivity index (χ4n) is 1.34. The van der Waals surface area contributed by atoms with E-state index in [4.69, 9.17) is 16.7 Å². The van der Waals surface area contributed by atoms with Crippen LogP contribution in [0, 0.1) is 10.1 Å². The summed E-state index contributed by atoms with van der Waals surface area (Å²) in [4.78, 5) is 9.67. The minimum atomic E-state index is -3.93. The Hall–Kier alpha value is -1.22. The highest BCUT2D eigenvalue weighted by Gasteiger charge is 2.22. The van der Waals surface area contributed by atoms with E-state index < -0.39 is 26.7 Å². The molecule has 7 nitrogen and oxygen atoms in total. The summed E-state index contributed by atoms with van der Waals surface area (Å²) in [6, 6.07) is 2.56. The lowest BCUT2D eigenvalue weighted by Crippen LogP contribution is -2.36. The first-order valence-electron chi connectivity index (χ1n) is 5.39. The van der Waals surface area contributed by atoms with Gasteiger partial charge in [-0.15, -0.1) is 0 Å². The Morgan fingerprint density at radius 2 is 2.16 bits per heavy atom. The van der Waals surface area contributed by atoms with Gasteiger partial charge in [-0.05, 0) is 18.6 Å². The maximum atomic E-state index is 12.0. The predicted molar refractivity (Wildman–Crippen MR) is 69.6 cm³/mol. The van der Waals surface area contributed by atoms with E-state index in [1.807, 2.05) is 0 Å². The molecule has 0 fully saturated rings. The molecule has 0 aliphatic heterocycles. The van der Waals surface area contributed by atoms with Gasteiger partial charge in [0, 0.05) is 12.1 Å². The molecule has 2 N–H and O–H groups in total. The van der Waals surface area contributed by atoms with Crippen LogP contribution in [0.5, 0.6) is 0 Å². The molecule has 0 radical (unpaired) electrons. The Bertz CT molecular complexity index is 571. The van der Waals surface area contributed by atoms with Crippen molar-refractivity contribution >= 4 is 27.3 Å². The molecule has 0 unspecified atom stereocenters. The van der Waals surface area contributed by atoms with Crippen LogP contribution in [0.15, 0.2) is 23.1 Å². The molecule has 19 heavy (non-hydrogen) atoms. The average Bonchev–Trinajstić information content (AvgIpc) is 2.35. The van der Waals surface area contributed by atoms with Crippen LogP contribution in [-0.4, -0.2) is 31.1 Å². The van der Waals surface area contributed by atoms with Crippen LogP contribution < -0.4 is 4.72 Å². The number of halogens is 1. The van der Waals surface area contributed by atoms with E-state index in [0.717, 1.165) is 12.1 Å². The molecule has 0 aliphatic carbocycles. The standard InChI is InChI=1S/C10H13ClN2O5S/c1-2-7(6-14)12-19(17,18)8-3-4-9(11)10(5-8)13(15)16/h3-5,7,12,14H,2,6H2,1H3/t7-/m0/s1. The summed E-state index contributed by atoms with van der Waals surface area (Å²) >= 11 is 5.60. The SMILES string of the molecule is CC[C@@H](CO)NS(=O)(=O)c1ccc(Cl)c([N+](=O)[O-])c1. The smallest absolute Gasteiger partial charge is 0.289 e. The number of aliphatic hydroxyl groups excluding tert-OH is 1. The van der Waals surface area contributed by atoms with Crippen molar-refractivity contribution in [3.63, 3.8) is 0 Å². The molecule has 9 heteroatoms. The summed E-state index contributed by atoms with van der Waals surface area (Å²) in [5, 5.41) is 19.5. The molecule has 0 spiro atoms. The summed E-state index contributed by atoms with van der Waals surface area (Å²) < 4.78 is 26.2. The van der Waals surface area contributed by atoms with E-state index in [0.29, 0.717) is 6.42 Å². The Kier molecular flexibility index (Phi) is 5.24. The van der Waals surface area contributed by atoms with Crippen LogP contribution >= 0.6 is 11.6 Å². The maximum absolute atomic E-state index is 12.0. The summed E-state index contributed by atoms with van der Waals surface area (Å²) in [5.74, 6) is 0. The molecular formula is C10H13ClN2O5S. The normalized spacial score (nSPS) is 13.2. The topological polar surface area (TPSA) is 110 Å². The molecular weight excluding hydrogens is 296 g/mol. The van der Waals surface area contributed by atoms with Crippen molar-refractivity contribution in [1.82, 2.24) is 4.72 Å². The van der Waals surface area contributed by atoms with E-state index in [2.05, 4.69) is 4.72 Å². The molecule has 0 heterocycles. The highest BCUT2D eigenvalue weighted by Crippen LogP contribution is 2.27. The lowest BCUT2D eigenvalue weighted by Gasteiger charge is -2.14. The number of sulfonamides is 1. The largest absolute Gasteiger partial charge is 0.395 e. The van der Waals surface area contributed by atoms with Gasteiger partial charge in [-0.25, -0.2) is 13.1 Å². The minimum absolute atomic E-state index is 0.141. The van der Waals surface area contributed by atoms with E-state index in [1.54, 1.807) is 6.92 Å². The van der Waals surface area contributed by atoms with Gasteiger partial charge >= 0.3 is 0 Å². The van der Waals surface area contributed by atoms with Gasteiger partial charge in [0.25, 0.3) is 5.69 Å². The van der Waals surface area contributed by atoms with Crippen molar-refractivity contribution in [2.75, 3.05) is 6.61 Å². The number of aliphatic hydroxyl groups is 1. The predicted octanol–water partition coefficient (Wildman–Crippen LogP) is 1.30. The molecule has 0 aromatic heterocycles. The highest BCUT2D eigenvalue weighted by molar-refractivity contribution is 7.89. The van der Waals surface area contributed by atoms with Crippen molar-refractivity contribution in [2.24, 2.45) is 0 Å². The summed E-state index contributed by atoms with van der Waals surface area (Å²) in [5.41, 5.74) is -0.485. The number of nitro groups is 1. The van der Waals surface area contributed by atoms with E-state index in [1.165, 1.54) is 6.07 Å². The highest BCUT2D eigenvalue weighted by atomic mass is 35.5. The molecule has 106 valence electrons. The number of hydrogen-bond acceptors (Lipinski definition) is 5.